The van der Waals surface area contributed by atoms with Gasteiger partial charge in [0.15, 0.2) is 0 Å². The Labute approximate surface area is 84.9 Å². The van der Waals surface area contributed by atoms with Crippen molar-refractivity contribution in [1.29, 1.82) is 0 Å². The molecule has 1 saturated carbocycles. The van der Waals surface area contributed by atoms with Gasteiger partial charge in [-0.25, -0.2) is 0 Å². The minimum Gasteiger partial charge on any atom is -0.292 e. The highest BCUT2D eigenvalue weighted by molar-refractivity contribution is 5.83. The number of benzene rings is 1. The van der Waals surface area contributed by atoms with Crippen molar-refractivity contribution >= 4 is 6.21 Å². The molecule has 0 amide bonds. The summed E-state index contributed by atoms with van der Waals surface area (Å²) >= 11 is 0. The molecular weight excluding hydrogens is 170 g/mol. The summed E-state index contributed by atoms with van der Waals surface area (Å²) in [5, 5.41) is 0. The number of rotatable bonds is 0. The average molecular weight is 185 g/mol. The summed E-state index contributed by atoms with van der Waals surface area (Å²) in [7, 11) is 0. The van der Waals surface area contributed by atoms with Crippen molar-refractivity contribution < 1.29 is 0 Å². The molecule has 0 atom stereocenters. The Morgan fingerprint density at radius 2 is 1.86 bits per heavy atom. The predicted molar refractivity (Wildman–Crippen MR) is 59.0 cm³/mol. The first-order chi connectivity index (χ1) is 6.91. The molecule has 0 N–H and O–H groups in total. The lowest BCUT2D eigenvalue weighted by atomic mass is 9.75. The van der Waals surface area contributed by atoms with Gasteiger partial charge in [0.25, 0.3) is 0 Å². The van der Waals surface area contributed by atoms with Crippen LogP contribution < -0.4 is 0 Å². The third-order valence-corrected chi connectivity index (χ3v) is 3.72. The summed E-state index contributed by atoms with van der Waals surface area (Å²) in [6, 6.07) is 8.76. The molecular formula is C13H15N. The molecule has 0 aromatic heterocycles. The van der Waals surface area contributed by atoms with Crippen molar-refractivity contribution in [2.75, 3.05) is 6.54 Å². The first kappa shape index (κ1) is 8.22. The fourth-order valence-electron chi connectivity index (χ4n) is 2.98. The Morgan fingerprint density at radius 3 is 2.71 bits per heavy atom. The number of aliphatic imine (C=N–C) groups is 1. The molecule has 1 aromatic rings. The lowest BCUT2D eigenvalue weighted by Crippen LogP contribution is -2.30. The van der Waals surface area contributed by atoms with Crippen molar-refractivity contribution in [3.63, 3.8) is 0 Å². The van der Waals surface area contributed by atoms with Crippen molar-refractivity contribution in [2.24, 2.45) is 4.99 Å². The summed E-state index contributed by atoms with van der Waals surface area (Å²) < 4.78 is 0. The monoisotopic (exact) mass is 185 g/mol. The fourth-order valence-corrected chi connectivity index (χ4v) is 2.98. The topological polar surface area (TPSA) is 12.4 Å². The summed E-state index contributed by atoms with van der Waals surface area (Å²) in [5.41, 5.74) is 3.30. The standard InChI is InChI=1S/C13H15N/c1-2-6-12-11(5-1)9-14-10-13(12)7-3-4-8-13/h1-2,5-6,9H,3-4,7-8,10H2. The minimum atomic E-state index is 0.408. The maximum Gasteiger partial charge on any atom is 0.0486 e. The highest BCUT2D eigenvalue weighted by Gasteiger charge is 2.37. The van der Waals surface area contributed by atoms with Crippen molar-refractivity contribution in [3.8, 4) is 0 Å². The number of hydrogen-bond donors (Lipinski definition) is 0. The van der Waals surface area contributed by atoms with Gasteiger partial charge in [-0.1, -0.05) is 37.1 Å². The molecule has 1 nitrogen and oxygen atoms in total. The summed E-state index contributed by atoms with van der Waals surface area (Å²) in [6.45, 7) is 1.02. The molecule has 0 saturated heterocycles. The van der Waals surface area contributed by atoms with Crippen LogP contribution in [0.3, 0.4) is 0 Å². The van der Waals surface area contributed by atoms with E-state index in [9.17, 15) is 0 Å². The Balaban J connectivity index is 2.15. The van der Waals surface area contributed by atoms with E-state index in [1.807, 2.05) is 6.21 Å². The van der Waals surface area contributed by atoms with Gasteiger partial charge >= 0.3 is 0 Å². The van der Waals surface area contributed by atoms with E-state index >= 15 is 0 Å². The summed E-state index contributed by atoms with van der Waals surface area (Å²) in [6.07, 6.45) is 7.47. The number of hydrogen-bond acceptors (Lipinski definition) is 1. The fraction of sp³-hybridized carbons (Fsp3) is 0.462. The predicted octanol–water partition coefficient (Wildman–Crippen LogP) is 2.93. The van der Waals surface area contributed by atoms with Gasteiger partial charge in [-0.05, 0) is 24.0 Å². The zero-order valence-electron chi connectivity index (χ0n) is 8.37. The highest BCUT2D eigenvalue weighted by Crippen LogP contribution is 2.43. The second-order valence-corrected chi connectivity index (χ2v) is 4.54. The van der Waals surface area contributed by atoms with Crippen molar-refractivity contribution in [1.82, 2.24) is 0 Å². The van der Waals surface area contributed by atoms with Gasteiger partial charge in [0.1, 0.15) is 0 Å². The van der Waals surface area contributed by atoms with Crippen LogP contribution in [0.25, 0.3) is 0 Å². The zero-order chi connectivity index (χ0) is 9.43. The van der Waals surface area contributed by atoms with Gasteiger partial charge in [-0.2, -0.15) is 0 Å². The van der Waals surface area contributed by atoms with Crippen molar-refractivity contribution in [2.45, 2.75) is 31.1 Å². The molecule has 1 aliphatic carbocycles. The van der Waals surface area contributed by atoms with E-state index in [0.717, 1.165) is 6.54 Å². The lowest BCUT2D eigenvalue weighted by Gasteiger charge is -2.32. The van der Waals surface area contributed by atoms with Crippen LogP contribution in [0.4, 0.5) is 0 Å². The van der Waals surface area contributed by atoms with Crippen LogP contribution in [-0.2, 0) is 5.41 Å². The Bertz CT molecular complexity index is 373. The van der Waals surface area contributed by atoms with E-state index in [2.05, 4.69) is 29.3 Å². The molecule has 0 unspecified atom stereocenters. The Kier molecular flexibility index (Phi) is 1.73. The maximum absolute atomic E-state index is 4.53. The van der Waals surface area contributed by atoms with E-state index in [1.54, 1.807) is 5.56 Å². The molecule has 3 rings (SSSR count). The number of fused-ring (bicyclic) bond motifs is 2. The highest BCUT2D eigenvalue weighted by atomic mass is 14.8. The SMILES string of the molecule is C1=NCC2(CCCC2)c2ccccc21. The quantitative estimate of drug-likeness (QED) is 0.589. The van der Waals surface area contributed by atoms with Crippen LogP contribution in [0, 0.1) is 0 Å². The van der Waals surface area contributed by atoms with Crippen LogP contribution in [0.5, 0.6) is 0 Å². The third-order valence-electron chi connectivity index (χ3n) is 3.72. The molecule has 0 bridgehead atoms. The van der Waals surface area contributed by atoms with E-state index in [-0.39, 0.29) is 0 Å². The van der Waals surface area contributed by atoms with Crippen LogP contribution in [0.1, 0.15) is 36.8 Å². The molecule has 1 aromatic carbocycles. The second kappa shape index (κ2) is 2.94. The Morgan fingerprint density at radius 1 is 1.07 bits per heavy atom. The summed E-state index contributed by atoms with van der Waals surface area (Å²) in [5.74, 6) is 0. The second-order valence-electron chi connectivity index (χ2n) is 4.54. The maximum atomic E-state index is 4.53. The van der Waals surface area contributed by atoms with Crippen LogP contribution in [0.15, 0.2) is 29.3 Å². The third kappa shape index (κ3) is 1.05. The average Bonchev–Trinajstić information content (AvgIpc) is 2.68. The molecule has 72 valence electrons. The molecule has 0 radical (unpaired) electrons. The van der Waals surface area contributed by atoms with Gasteiger partial charge in [-0.3, -0.25) is 4.99 Å². The normalized spacial score (nSPS) is 22.6. The first-order valence-electron chi connectivity index (χ1n) is 5.50. The molecule has 2 aliphatic rings. The van der Waals surface area contributed by atoms with Gasteiger partial charge in [0, 0.05) is 18.2 Å². The first-order valence-corrected chi connectivity index (χ1v) is 5.50. The lowest BCUT2D eigenvalue weighted by molar-refractivity contribution is 0.449. The molecule has 1 fully saturated rings. The van der Waals surface area contributed by atoms with Crippen molar-refractivity contribution in [3.05, 3.63) is 35.4 Å². The Hall–Kier alpha value is -1.11. The molecule has 1 aliphatic heterocycles. The van der Waals surface area contributed by atoms with E-state index in [1.165, 1.54) is 31.2 Å². The van der Waals surface area contributed by atoms with Crippen LogP contribution in [-0.4, -0.2) is 12.8 Å². The van der Waals surface area contributed by atoms with Crippen LogP contribution >= 0.6 is 0 Å². The van der Waals surface area contributed by atoms with Gasteiger partial charge < -0.3 is 0 Å². The van der Waals surface area contributed by atoms with Gasteiger partial charge in [0.2, 0.25) is 0 Å². The van der Waals surface area contributed by atoms with E-state index < -0.39 is 0 Å². The van der Waals surface area contributed by atoms with Gasteiger partial charge in [-0.15, -0.1) is 0 Å². The molecule has 1 spiro atoms. The molecule has 1 heteroatoms. The molecule has 14 heavy (non-hydrogen) atoms. The largest absolute Gasteiger partial charge is 0.292 e. The number of nitrogens with zero attached hydrogens (tertiary/aromatic N) is 1. The molecule has 1 heterocycles. The van der Waals surface area contributed by atoms with Gasteiger partial charge in [0.05, 0.1) is 0 Å². The smallest absolute Gasteiger partial charge is 0.0486 e. The zero-order valence-corrected chi connectivity index (χ0v) is 8.37. The summed E-state index contributed by atoms with van der Waals surface area (Å²) in [4.78, 5) is 4.53. The minimum absolute atomic E-state index is 0.408. The van der Waals surface area contributed by atoms with E-state index in [4.69, 9.17) is 0 Å². The van der Waals surface area contributed by atoms with Crippen LogP contribution in [0.2, 0.25) is 0 Å². The van der Waals surface area contributed by atoms with E-state index in [0.29, 0.717) is 5.41 Å².